The van der Waals surface area contributed by atoms with Crippen molar-refractivity contribution in [3.63, 3.8) is 0 Å². The van der Waals surface area contributed by atoms with Crippen LogP contribution in [0.3, 0.4) is 0 Å². The number of amides is 1. The molecule has 0 unspecified atom stereocenters. The van der Waals surface area contributed by atoms with Crippen LogP contribution >= 0.6 is 11.3 Å². The average molecular weight is 321 g/mol. The molecule has 3 aliphatic heterocycles. The van der Waals surface area contributed by atoms with Crippen LogP contribution in [-0.4, -0.2) is 58.6 Å². The van der Waals surface area contributed by atoms with Gasteiger partial charge in [0.2, 0.25) is 5.91 Å². The van der Waals surface area contributed by atoms with Gasteiger partial charge >= 0.3 is 0 Å². The maximum atomic E-state index is 12.4. The van der Waals surface area contributed by atoms with Gasteiger partial charge in [0, 0.05) is 43.1 Å². The summed E-state index contributed by atoms with van der Waals surface area (Å²) < 4.78 is 5.56. The molecular weight excluding hydrogens is 298 g/mol. The normalized spacial score (nSPS) is 32.7. The Hall–Kier alpha value is -0.980. The fourth-order valence-electron chi connectivity index (χ4n) is 4.28. The van der Waals surface area contributed by atoms with E-state index in [1.165, 1.54) is 0 Å². The molecule has 4 heterocycles. The molecule has 0 spiro atoms. The number of hydrogen-bond acceptors (Lipinski definition) is 5. The Morgan fingerprint density at radius 3 is 3.00 bits per heavy atom. The Kier molecular flexibility index (Phi) is 3.92. The second-order valence-corrected chi connectivity index (χ2v) is 7.66. The van der Waals surface area contributed by atoms with E-state index >= 15 is 0 Å². The van der Waals surface area contributed by atoms with Gasteiger partial charge in [0.15, 0.2) is 0 Å². The number of rotatable bonds is 3. The highest BCUT2D eigenvalue weighted by Crippen LogP contribution is 2.35. The summed E-state index contributed by atoms with van der Waals surface area (Å²) in [5, 5.41) is 3.16. The lowest BCUT2D eigenvalue weighted by Gasteiger charge is -2.41. The minimum Gasteiger partial charge on any atom is -0.380 e. The molecule has 0 N–H and O–H groups in total. The number of hydrogen-bond donors (Lipinski definition) is 0. The molecule has 0 aromatic carbocycles. The fraction of sp³-hybridized carbons (Fsp3) is 0.750. The van der Waals surface area contributed by atoms with Gasteiger partial charge in [-0.2, -0.15) is 0 Å². The maximum absolute atomic E-state index is 12.4. The number of carbonyl (C=O) groups excluding carboxylic acids is 1. The van der Waals surface area contributed by atoms with Gasteiger partial charge in [0.05, 0.1) is 23.9 Å². The molecule has 0 radical (unpaired) electrons. The van der Waals surface area contributed by atoms with Crippen LogP contribution in [0.2, 0.25) is 0 Å². The Morgan fingerprint density at radius 2 is 2.27 bits per heavy atom. The quantitative estimate of drug-likeness (QED) is 0.852. The van der Waals surface area contributed by atoms with E-state index in [1.54, 1.807) is 11.3 Å². The first-order chi connectivity index (χ1) is 10.7. The van der Waals surface area contributed by atoms with Crippen molar-refractivity contribution < 1.29 is 9.53 Å². The summed E-state index contributed by atoms with van der Waals surface area (Å²) in [5.74, 6) is 0.302. The van der Waals surface area contributed by atoms with E-state index in [-0.39, 0.29) is 0 Å². The monoisotopic (exact) mass is 321 g/mol. The standard InChI is InChI=1S/C16H23N3O2S/c1-11-17-12(10-22-11)8-19-15-4-6-18(13-5-7-21-9-13)14(15)2-3-16(19)20/h10,13-15H,2-9H2,1H3/t13-,14-,15-/m1/s1. The first-order valence-electron chi connectivity index (χ1n) is 8.26. The molecule has 0 aliphatic carbocycles. The van der Waals surface area contributed by atoms with Gasteiger partial charge in [-0.05, 0) is 26.2 Å². The van der Waals surface area contributed by atoms with Gasteiger partial charge in [-0.3, -0.25) is 9.69 Å². The van der Waals surface area contributed by atoms with Crippen molar-refractivity contribution in [2.45, 2.75) is 57.3 Å². The summed E-state index contributed by atoms with van der Waals surface area (Å²) in [6, 6.07) is 1.44. The van der Waals surface area contributed by atoms with E-state index in [9.17, 15) is 4.79 Å². The number of fused-ring (bicyclic) bond motifs is 1. The van der Waals surface area contributed by atoms with Gasteiger partial charge < -0.3 is 9.64 Å². The minimum atomic E-state index is 0.302. The summed E-state index contributed by atoms with van der Waals surface area (Å²) in [7, 11) is 0. The van der Waals surface area contributed by atoms with Crippen LogP contribution < -0.4 is 0 Å². The Labute approximate surface area is 135 Å². The maximum Gasteiger partial charge on any atom is 0.223 e. The molecule has 3 atom stereocenters. The zero-order valence-electron chi connectivity index (χ0n) is 13.0. The van der Waals surface area contributed by atoms with E-state index < -0.39 is 0 Å². The van der Waals surface area contributed by atoms with Crippen LogP contribution in [0.15, 0.2) is 5.38 Å². The first-order valence-corrected chi connectivity index (χ1v) is 9.14. The van der Waals surface area contributed by atoms with Crippen molar-refractivity contribution >= 4 is 17.2 Å². The molecule has 1 aromatic heterocycles. The number of carbonyl (C=O) groups is 1. The van der Waals surface area contributed by atoms with Gasteiger partial charge in [-0.1, -0.05) is 0 Å². The molecule has 3 aliphatic rings. The number of piperidine rings is 1. The van der Waals surface area contributed by atoms with Gasteiger partial charge in [0.25, 0.3) is 0 Å². The van der Waals surface area contributed by atoms with Crippen LogP contribution in [0.1, 0.15) is 36.4 Å². The molecule has 3 saturated heterocycles. The first kappa shape index (κ1) is 14.6. The summed E-state index contributed by atoms with van der Waals surface area (Å²) in [4.78, 5) is 21.7. The van der Waals surface area contributed by atoms with E-state index in [0.29, 0.717) is 37.0 Å². The fourth-order valence-corrected chi connectivity index (χ4v) is 4.88. The van der Waals surface area contributed by atoms with E-state index in [1.807, 2.05) is 6.92 Å². The molecular formula is C16H23N3O2S. The third-order valence-electron chi connectivity index (χ3n) is 5.30. The summed E-state index contributed by atoms with van der Waals surface area (Å²) in [6.07, 6.45) is 3.92. The number of thiazole rings is 1. The van der Waals surface area contributed by atoms with Crippen molar-refractivity contribution in [2.75, 3.05) is 19.8 Å². The highest BCUT2D eigenvalue weighted by molar-refractivity contribution is 7.09. The molecule has 4 rings (SSSR count). The number of aryl methyl sites for hydroxylation is 1. The molecule has 22 heavy (non-hydrogen) atoms. The smallest absolute Gasteiger partial charge is 0.223 e. The second kappa shape index (κ2) is 5.91. The lowest BCUT2D eigenvalue weighted by Crippen LogP contribution is -2.53. The average Bonchev–Trinajstić information content (AvgIpc) is 3.22. The molecule has 0 bridgehead atoms. The lowest BCUT2D eigenvalue weighted by atomic mass is 9.95. The Morgan fingerprint density at radius 1 is 1.36 bits per heavy atom. The number of aromatic nitrogens is 1. The van der Waals surface area contributed by atoms with Gasteiger partial charge in [0.1, 0.15) is 0 Å². The molecule has 1 amide bonds. The third kappa shape index (κ3) is 2.57. The Bertz CT molecular complexity index is 555. The highest BCUT2D eigenvalue weighted by atomic mass is 32.1. The number of likely N-dealkylation sites (tertiary alicyclic amines) is 2. The zero-order valence-corrected chi connectivity index (χ0v) is 13.8. The zero-order chi connectivity index (χ0) is 15.1. The number of ether oxygens (including phenoxy) is 1. The lowest BCUT2D eigenvalue weighted by molar-refractivity contribution is -0.138. The molecule has 6 heteroatoms. The van der Waals surface area contributed by atoms with Crippen LogP contribution in [0.25, 0.3) is 0 Å². The van der Waals surface area contributed by atoms with Crippen molar-refractivity contribution in [2.24, 2.45) is 0 Å². The van der Waals surface area contributed by atoms with Crippen LogP contribution in [-0.2, 0) is 16.1 Å². The molecule has 0 saturated carbocycles. The molecule has 1 aromatic rings. The third-order valence-corrected chi connectivity index (χ3v) is 6.12. The van der Waals surface area contributed by atoms with Crippen molar-refractivity contribution in [3.05, 3.63) is 16.1 Å². The van der Waals surface area contributed by atoms with Crippen molar-refractivity contribution in [3.8, 4) is 0 Å². The van der Waals surface area contributed by atoms with Crippen LogP contribution in [0, 0.1) is 6.92 Å². The van der Waals surface area contributed by atoms with Crippen LogP contribution in [0.5, 0.6) is 0 Å². The predicted octanol–water partition coefficient (Wildman–Crippen LogP) is 1.81. The highest BCUT2D eigenvalue weighted by Gasteiger charge is 2.45. The molecule has 5 nitrogen and oxygen atoms in total. The van der Waals surface area contributed by atoms with E-state index in [0.717, 1.165) is 49.7 Å². The van der Waals surface area contributed by atoms with Crippen molar-refractivity contribution in [1.82, 2.24) is 14.8 Å². The topological polar surface area (TPSA) is 45.7 Å². The summed E-state index contributed by atoms with van der Waals surface area (Å²) >= 11 is 1.66. The van der Waals surface area contributed by atoms with Crippen molar-refractivity contribution in [1.29, 1.82) is 0 Å². The Balaban J connectivity index is 1.50. The molecule has 3 fully saturated rings. The van der Waals surface area contributed by atoms with Crippen LogP contribution in [0.4, 0.5) is 0 Å². The number of nitrogens with zero attached hydrogens (tertiary/aromatic N) is 3. The summed E-state index contributed by atoms with van der Waals surface area (Å²) in [5.41, 5.74) is 1.04. The SMILES string of the molecule is Cc1nc(CN2C(=O)CC[C@@H]3[C@H]2CCN3[C@@H]2CCOC2)cs1. The predicted molar refractivity (Wildman–Crippen MR) is 84.8 cm³/mol. The van der Waals surface area contributed by atoms with Gasteiger partial charge in [-0.15, -0.1) is 11.3 Å². The summed E-state index contributed by atoms with van der Waals surface area (Å²) in [6.45, 7) is 5.55. The van der Waals surface area contributed by atoms with E-state index in [4.69, 9.17) is 4.74 Å². The molecule has 120 valence electrons. The second-order valence-electron chi connectivity index (χ2n) is 6.60. The van der Waals surface area contributed by atoms with Gasteiger partial charge in [-0.25, -0.2) is 4.98 Å². The largest absolute Gasteiger partial charge is 0.380 e. The minimum absolute atomic E-state index is 0.302. The van der Waals surface area contributed by atoms with E-state index in [2.05, 4.69) is 20.2 Å².